The Morgan fingerprint density at radius 2 is 2.20 bits per heavy atom. The van der Waals surface area contributed by atoms with Crippen molar-refractivity contribution in [1.82, 2.24) is 10.6 Å². The van der Waals surface area contributed by atoms with E-state index in [-0.39, 0.29) is 18.0 Å². The van der Waals surface area contributed by atoms with Crippen LogP contribution < -0.4 is 10.6 Å². The van der Waals surface area contributed by atoms with Crippen molar-refractivity contribution in [2.75, 3.05) is 19.8 Å². The number of carbonyl (C=O) groups excluding carboxylic acids is 1. The van der Waals surface area contributed by atoms with Gasteiger partial charge in [-0.15, -0.1) is 11.3 Å². The van der Waals surface area contributed by atoms with Crippen LogP contribution in [-0.4, -0.2) is 31.7 Å². The van der Waals surface area contributed by atoms with E-state index in [1.54, 1.807) is 11.3 Å². The summed E-state index contributed by atoms with van der Waals surface area (Å²) >= 11 is 1.67. The molecular formula is C20H26N2O2S. The Hall–Kier alpha value is -1.69. The minimum atomic E-state index is -0.0901. The summed E-state index contributed by atoms with van der Waals surface area (Å²) in [7, 11) is 0. The molecule has 134 valence electrons. The summed E-state index contributed by atoms with van der Waals surface area (Å²) in [6.45, 7) is 4.32. The molecule has 4 nitrogen and oxygen atoms in total. The number of benzene rings is 1. The van der Waals surface area contributed by atoms with Crippen molar-refractivity contribution in [3.05, 3.63) is 57.8 Å². The lowest BCUT2D eigenvalue weighted by atomic mass is 10.0. The summed E-state index contributed by atoms with van der Waals surface area (Å²) in [5, 5.41) is 8.60. The normalized spacial score (nSPS) is 18.7. The first-order valence-corrected chi connectivity index (χ1v) is 9.87. The molecule has 25 heavy (non-hydrogen) atoms. The number of morpholine rings is 1. The molecule has 1 saturated heterocycles. The quantitative estimate of drug-likeness (QED) is 0.799. The average molecular weight is 359 g/mol. The molecule has 5 heteroatoms. The van der Waals surface area contributed by atoms with Crippen molar-refractivity contribution in [2.45, 2.75) is 38.3 Å². The molecular weight excluding hydrogens is 332 g/mol. The zero-order valence-electron chi connectivity index (χ0n) is 14.7. The molecule has 0 spiro atoms. The SMILES string of the molecule is CCCc1ccc(C(NC(=O)CC2COCCN2)c2cccs2)cc1. The molecule has 1 aliphatic rings. The van der Waals surface area contributed by atoms with Crippen LogP contribution in [0, 0.1) is 0 Å². The van der Waals surface area contributed by atoms with Crippen LogP contribution in [0.25, 0.3) is 0 Å². The van der Waals surface area contributed by atoms with Gasteiger partial charge in [-0.3, -0.25) is 4.79 Å². The van der Waals surface area contributed by atoms with Gasteiger partial charge in [0.25, 0.3) is 0 Å². The largest absolute Gasteiger partial charge is 0.378 e. The number of hydrogen-bond acceptors (Lipinski definition) is 4. The summed E-state index contributed by atoms with van der Waals surface area (Å²) in [5.41, 5.74) is 2.47. The molecule has 1 amide bonds. The van der Waals surface area contributed by atoms with Crippen LogP contribution in [0.3, 0.4) is 0 Å². The van der Waals surface area contributed by atoms with E-state index in [2.05, 4.69) is 53.3 Å². The van der Waals surface area contributed by atoms with Crippen LogP contribution in [0.2, 0.25) is 0 Å². The fourth-order valence-corrected chi connectivity index (χ4v) is 3.94. The number of amides is 1. The van der Waals surface area contributed by atoms with E-state index >= 15 is 0 Å². The highest BCUT2D eigenvalue weighted by Gasteiger charge is 2.21. The minimum absolute atomic E-state index is 0.0547. The summed E-state index contributed by atoms with van der Waals surface area (Å²) in [6, 6.07) is 12.7. The number of ether oxygens (including phenoxy) is 1. The van der Waals surface area contributed by atoms with E-state index in [9.17, 15) is 4.79 Å². The molecule has 1 aromatic carbocycles. The Balaban J connectivity index is 1.70. The van der Waals surface area contributed by atoms with E-state index in [4.69, 9.17) is 4.74 Å². The Morgan fingerprint density at radius 3 is 2.84 bits per heavy atom. The summed E-state index contributed by atoms with van der Waals surface area (Å²) in [6.07, 6.45) is 2.67. The maximum atomic E-state index is 12.6. The van der Waals surface area contributed by atoms with Crippen LogP contribution in [0.4, 0.5) is 0 Å². The van der Waals surface area contributed by atoms with Gasteiger partial charge in [0.15, 0.2) is 0 Å². The number of hydrogen-bond donors (Lipinski definition) is 2. The summed E-state index contributed by atoms with van der Waals surface area (Å²) < 4.78 is 5.44. The van der Waals surface area contributed by atoms with Crippen LogP contribution >= 0.6 is 11.3 Å². The molecule has 2 unspecified atom stereocenters. The van der Waals surface area contributed by atoms with Crippen molar-refractivity contribution < 1.29 is 9.53 Å². The predicted molar refractivity (Wildman–Crippen MR) is 102 cm³/mol. The zero-order chi connectivity index (χ0) is 17.5. The molecule has 2 aromatic rings. The molecule has 1 aromatic heterocycles. The summed E-state index contributed by atoms with van der Waals surface area (Å²) in [4.78, 5) is 13.7. The zero-order valence-corrected chi connectivity index (χ0v) is 15.5. The third-order valence-electron chi connectivity index (χ3n) is 4.41. The molecule has 2 heterocycles. The van der Waals surface area contributed by atoms with E-state index in [1.807, 2.05) is 6.07 Å². The maximum Gasteiger partial charge on any atom is 0.222 e. The van der Waals surface area contributed by atoms with Gasteiger partial charge in [-0.05, 0) is 29.0 Å². The average Bonchev–Trinajstić information content (AvgIpc) is 3.16. The van der Waals surface area contributed by atoms with Gasteiger partial charge in [-0.2, -0.15) is 0 Å². The second-order valence-corrected chi connectivity index (χ2v) is 7.42. The molecule has 3 rings (SSSR count). The van der Waals surface area contributed by atoms with Gasteiger partial charge in [0.2, 0.25) is 5.91 Å². The molecule has 2 N–H and O–H groups in total. The van der Waals surface area contributed by atoms with E-state index in [1.165, 1.54) is 5.56 Å². The second-order valence-electron chi connectivity index (χ2n) is 6.44. The van der Waals surface area contributed by atoms with Gasteiger partial charge in [0.1, 0.15) is 0 Å². The van der Waals surface area contributed by atoms with Crippen molar-refractivity contribution in [3.63, 3.8) is 0 Å². The minimum Gasteiger partial charge on any atom is -0.378 e. The number of aryl methyl sites for hydroxylation is 1. The van der Waals surface area contributed by atoms with Crippen LogP contribution in [0.1, 0.15) is 41.8 Å². The van der Waals surface area contributed by atoms with Crippen LogP contribution in [0.15, 0.2) is 41.8 Å². The van der Waals surface area contributed by atoms with Crippen molar-refractivity contribution in [2.24, 2.45) is 0 Å². The smallest absolute Gasteiger partial charge is 0.222 e. The van der Waals surface area contributed by atoms with E-state index in [0.29, 0.717) is 13.0 Å². The third kappa shape index (κ3) is 5.14. The molecule has 2 atom stereocenters. The van der Waals surface area contributed by atoms with Crippen molar-refractivity contribution >= 4 is 17.2 Å². The highest BCUT2D eigenvalue weighted by atomic mass is 32.1. The Morgan fingerprint density at radius 1 is 1.36 bits per heavy atom. The molecule has 0 aliphatic carbocycles. The monoisotopic (exact) mass is 358 g/mol. The van der Waals surface area contributed by atoms with Gasteiger partial charge in [-0.25, -0.2) is 0 Å². The highest BCUT2D eigenvalue weighted by molar-refractivity contribution is 7.10. The first kappa shape index (κ1) is 18.1. The number of carbonyl (C=O) groups is 1. The molecule has 0 bridgehead atoms. The molecule has 1 aliphatic heterocycles. The molecule has 0 radical (unpaired) electrons. The maximum absolute atomic E-state index is 12.6. The van der Waals surface area contributed by atoms with Crippen molar-refractivity contribution in [1.29, 1.82) is 0 Å². The number of nitrogens with one attached hydrogen (secondary N) is 2. The first-order chi connectivity index (χ1) is 12.3. The van der Waals surface area contributed by atoms with Gasteiger partial charge in [0.05, 0.1) is 19.3 Å². The topological polar surface area (TPSA) is 50.4 Å². The van der Waals surface area contributed by atoms with Crippen molar-refractivity contribution in [3.8, 4) is 0 Å². The molecule has 1 fully saturated rings. The standard InChI is InChI=1S/C20H26N2O2S/c1-2-4-15-6-8-16(9-7-15)20(18-5-3-12-25-18)22-19(23)13-17-14-24-11-10-21-17/h3,5-9,12,17,20-21H,2,4,10-11,13-14H2,1H3,(H,22,23). The van der Waals surface area contributed by atoms with Gasteiger partial charge < -0.3 is 15.4 Å². The Kier molecular flexibility index (Phi) is 6.62. The third-order valence-corrected chi connectivity index (χ3v) is 5.35. The van der Waals surface area contributed by atoms with Gasteiger partial charge in [-0.1, -0.05) is 43.7 Å². The lowest BCUT2D eigenvalue weighted by Gasteiger charge is -2.25. The van der Waals surface area contributed by atoms with E-state index < -0.39 is 0 Å². The predicted octanol–water partition coefficient (Wildman–Crippen LogP) is 3.28. The second kappa shape index (κ2) is 9.13. The molecule has 0 saturated carbocycles. The van der Waals surface area contributed by atoms with Gasteiger partial charge in [0, 0.05) is 23.9 Å². The van der Waals surface area contributed by atoms with Crippen LogP contribution in [0.5, 0.6) is 0 Å². The highest BCUT2D eigenvalue weighted by Crippen LogP contribution is 2.26. The van der Waals surface area contributed by atoms with Crippen LogP contribution in [-0.2, 0) is 16.0 Å². The Labute approximate surface area is 153 Å². The summed E-state index contributed by atoms with van der Waals surface area (Å²) in [5.74, 6) is 0.0547. The Bertz CT molecular complexity index is 649. The fraction of sp³-hybridized carbons (Fsp3) is 0.450. The first-order valence-electron chi connectivity index (χ1n) is 8.99. The number of thiophene rings is 1. The lowest BCUT2D eigenvalue weighted by molar-refractivity contribution is -0.122. The van der Waals surface area contributed by atoms with Gasteiger partial charge >= 0.3 is 0 Å². The number of rotatable bonds is 7. The van der Waals surface area contributed by atoms with E-state index in [0.717, 1.165) is 36.4 Å². The lowest BCUT2D eigenvalue weighted by Crippen LogP contribution is -2.44. The fourth-order valence-electron chi connectivity index (χ4n) is 3.13.